The van der Waals surface area contributed by atoms with E-state index in [9.17, 15) is 19.8 Å². The molecule has 0 fully saturated rings. The van der Waals surface area contributed by atoms with Gasteiger partial charge in [0.25, 0.3) is 0 Å². The Hall–Kier alpha value is -1.60. The standard InChI is InChI=1S/C16H26O7/c1-2-3-4-5-6-7-8-11(18)10-22-15-13(20)16(21)23-14(15)12(19)9-17/h12,14,17,19-20H,2-10H2,1H3/t12-,14+/m0/s1. The maximum atomic E-state index is 11.8. The molecule has 23 heavy (non-hydrogen) atoms. The summed E-state index contributed by atoms with van der Waals surface area (Å²) in [4.78, 5) is 23.0. The van der Waals surface area contributed by atoms with Crippen molar-refractivity contribution < 1.29 is 34.4 Å². The number of ether oxygens (including phenoxy) is 2. The van der Waals surface area contributed by atoms with E-state index in [0.29, 0.717) is 6.42 Å². The van der Waals surface area contributed by atoms with Crippen LogP contribution in [0.25, 0.3) is 0 Å². The normalized spacial score (nSPS) is 18.9. The second-order valence-corrected chi connectivity index (χ2v) is 5.63. The third kappa shape index (κ3) is 6.19. The number of hydrogen-bond donors (Lipinski definition) is 3. The Bertz CT molecular complexity index is 430. The monoisotopic (exact) mass is 330 g/mol. The summed E-state index contributed by atoms with van der Waals surface area (Å²) >= 11 is 0. The van der Waals surface area contributed by atoms with Crippen LogP contribution in [-0.4, -0.2) is 52.5 Å². The summed E-state index contributed by atoms with van der Waals surface area (Å²) in [5, 5.41) is 28.0. The van der Waals surface area contributed by atoms with E-state index in [1.807, 2.05) is 0 Å². The molecule has 2 atom stereocenters. The van der Waals surface area contributed by atoms with Crippen molar-refractivity contribution in [1.82, 2.24) is 0 Å². The molecular weight excluding hydrogens is 304 g/mol. The SMILES string of the molecule is CCCCCCCCC(=O)COC1=C(O)C(=O)O[C@@H]1[C@@H](O)CO. The number of aliphatic hydroxyl groups is 3. The zero-order chi connectivity index (χ0) is 17.2. The lowest BCUT2D eigenvalue weighted by Gasteiger charge is -2.18. The number of unbranched alkanes of at least 4 members (excludes halogenated alkanes) is 5. The summed E-state index contributed by atoms with van der Waals surface area (Å²) in [6.45, 7) is 1.17. The van der Waals surface area contributed by atoms with Crippen LogP contribution < -0.4 is 0 Å². The third-order valence-corrected chi connectivity index (χ3v) is 3.65. The van der Waals surface area contributed by atoms with E-state index >= 15 is 0 Å². The molecule has 132 valence electrons. The Balaban J connectivity index is 2.34. The predicted molar refractivity (Wildman–Crippen MR) is 81.6 cm³/mol. The smallest absolute Gasteiger partial charge is 0.378 e. The Kier molecular flexibility index (Phi) is 8.65. The van der Waals surface area contributed by atoms with Gasteiger partial charge in [0.05, 0.1) is 6.61 Å². The van der Waals surface area contributed by atoms with Crippen molar-refractivity contribution in [2.75, 3.05) is 13.2 Å². The molecule has 1 aliphatic heterocycles. The number of esters is 1. The van der Waals surface area contributed by atoms with Gasteiger partial charge in [-0.1, -0.05) is 39.0 Å². The first kappa shape index (κ1) is 19.4. The van der Waals surface area contributed by atoms with E-state index in [4.69, 9.17) is 14.6 Å². The molecule has 0 aromatic carbocycles. The van der Waals surface area contributed by atoms with Crippen molar-refractivity contribution in [3.63, 3.8) is 0 Å². The first-order chi connectivity index (χ1) is 11.0. The van der Waals surface area contributed by atoms with Crippen molar-refractivity contribution in [3.8, 4) is 0 Å². The highest BCUT2D eigenvalue weighted by atomic mass is 16.6. The average molecular weight is 330 g/mol. The minimum Gasteiger partial charge on any atom is -0.499 e. The van der Waals surface area contributed by atoms with Gasteiger partial charge in [-0.2, -0.15) is 0 Å². The zero-order valence-electron chi connectivity index (χ0n) is 13.5. The quantitative estimate of drug-likeness (QED) is 0.366. The molecule has 0 unspecified atom stereocenters. The van der Waals surface area contributed by atoms with Crippen molar-refractivity contribution in [3.05, 3.63) is 11.5 Å². The summed E-state index contributed by atoms with van der Waals surface area (Å²) in [7, 11) is 0. The molecule has 0 saturated heterocycles. The number of cyclic esters (lactones) is 1. The maximum Gasteiger partial charge on any atom is 0.378 e. The molecule has 0 aromatic heterocycles. The van der Waals surface area contributed by atoms with Gasteiger partial charge in [-0.05, 0) is 6.42 Å². The van der Waals surface area contributed by atoms with Crippen LogP contribution in [0.5, 0.6) is 0 Å². The number of carbonyl (C=O) groups is 2. The maximum absolute atomic E-state index is 11.8. The van der Waals surface area contributed by atoms with Crippen molar-refractivity contribution in [2.24, 2.45) is 0 Å². The van der Waals surface area contributed by atoms with Crippen LogP contribution in [-0.2, 0) is 19.1 Å². The van der Waals surface area contributed by atoms with Gasteiger partial charge in [-0.3, -0.25) is 4.79 Å². The van der Waals surface area contributed by atoms with Crippen LogP contribution in [0.4, 0.5) is 0 Å². The first-order valence-electron chi connectivity index (χ1n) is 8.08. The summed E-state index contributed by atoms with van der Waals surface area (Å²) in [6.07, 6.45) is 4.06. The van der Waals surface area contributed by atoms with Gasteiger partial charge in [0, 0.05) is 6.42 Å². The fourth-order valence-corrected chi connectivity index (χ4v) is 2.29. The summed E-state index contributed by atoms with van der Waals surface area (Å²) in [5.74, 6) is -2.26. The van der Waals surface area contributed by atoms with Crippen LogP contribution in [0.1, 0.15) is 51.9 Å². The third-order valence-electron chi connectivity index (χ3n) is 3.65. The molecule has 0 aromatic rings. The molecule has 3 N–H and O–H groups in total. The van der Waals surface area contributed by atoms with E-state index in [-0.39, 0.29) is 18.1 Å². The minimum atomic E-state index is -1.41. The van der Waals surface area contributed by atoms with Gasteiger partial charge < -0.3 is 24.8 Å². The highest BCUT2D eigenvalue weighted by molar-refractivity contribution is 5.89. The fourth-order valence-electron chi connectivity index (χ4n) is 2.29. The van der Waals surface area contributed by atoms with E-state index in [1.54, 1.807) is 0 Å². The highest BCUT2D eigenvalue weighted by Crippen LogP contribution is 2.24. The molecule has 1 rings (SSSR count). The van der Waals surface area contributed by atoms with Gasteiger partial charge in [0.1, 0.15) is 12.7 Å². The van der Waals surface area contributed by atoms with Gasteiger partial charge in [0.2, 0.25) is 5.76 Å². The van der Waals surface area contributed by atoms with Crippen LogP contribution in [0, 0.1) is 0 Å². The Morgan fingerprint density at radius 2 is 1.91 bits per heavy atom. The van der Waals surface area contributed by atoms with Crippen LogP contribution in [0.3, 0.4) is 0 Å². The fraction of sp³-hybridized carbons (Fsp3) is 0.750. The molecule has 0 amide bonds. The molecule has 1 aliphatic rings. The second kappa shape index (κ2) is 10.2. The predicted octanol–water partition coefficient (Wildman–Crippen LogP) is 1.37. The number of rotatable bonds is 12. The van der Waals surface area contributed by atoms with Crippen molar-refractivity contribution in [1.29, 1.82) is 0 Å². The van der Waals surface area contributed by atoms with Crippen LogP contribution in [0.15, 0.2) is 11.5 Å². The molecule has 0 aliphatic carbocycles. The van der Waals surface area contributed by atoms with Gasteiger partial charge in [-0.15, -0.1) is 0 Å². The Labute approximate surface area is 135 Å². The molecule has 7 nitrogen and oxygen atoms in total. The number of aliphatic hydroxyl groups excluding tert-OH is 3. The molecule has 0 radical (unpaired) electrons. The van der Waals surface area contributed by atoms with Crippen molar-refractivity contribution >= 4 is 11.8 Å². The van der Waals surface area contributed by atoms with Gasteiger partial charge >= 0.3 is 5.97 Å². The molecule has 0 bridgehead atoms. The van der Waals surface area contributed by atoms with Crippen LogP contribution >= 0.6 is 0 Å². The van der Waals surface area contributed by atoms with E-state index in [2.05, 4.69) is 6.92 Å². The summed E-state index contributed by atoms with van der Waals surface area (Å²) in [6, 6.07) is 0. The number of carbonyl (C=O) groups excluding carboxylic acids is 2. The van der Waals surface area contributed by atoms with Crippen molar-refractivity contribution in [2.45, 2.75) is 64.1 Å². The minimum absolute atomic E-state index is 0.155. The molecule has 0 saturated carbocycles. The number of hydrogen-bond acceptors (Lipinski definition) is 7. The summed E-state index contributed by atoms with van der Waals surface area (Å²) in [5.41, 5.74) is 0. The molecular formula is C16H26O7. The van der Waals surface area contributed by atoms with E-state index in [0.717, 1.165) is 19.3 Å². The first-order valence-corrected chi connectivity index (χ1v) is 8.08. The Morgan fingerprint density at radius 1 is 1.26 bits per heavy atom. The molecule has 7 heteroatoms. The summed E-state index contributed by atoms with van der Waals surface area (Å²) < 4.78 is 9.84. The second-order valence-electron chi connectivity index (χ2n) is 5.63. The number of Topliss-reactive ketones (excluding diaryl/α,β-unsaturated/α-hetero) is 1. The Morgan fingerprint density at radius 3 is 2.57 bits per heavy atom. The number of ketones is 1. The highest BCUT2D eigenvalue weighted by Gasteiger charge is 2.40. The van der Waals surface area contributed by atoms with Gasteiger partial charge in [-0.25, -0.2) is 4.79 Å². The topological polar surface area (TPSA) is 113 Å². The van der Waals surface area contributed by atoms with Crippen LogP contribution in [0.2, 0.25) is 0 Å². The van der Waals surface area contributed by atoms with E-state index in [1.165, 1.54) is 19.3 Å². The average Bonchev–Trinajstić information content (AvgIpc) is 2.83. The lowest BCUT2D eigenvalue weighted by molar-refractivity contribution is -0.148. The molecule has 1 heterocycles. The lowest BCUT2D eigenvalue weighted by atomic mass is 10.1. The largest absolute Gasteiger partial charge is 0.499 e. The van der Waals surface area contributed by atoms with Gasteiger partial charge in [0.15, 0.2) is 17.6 Å². The molecule has 0 spiro atoms. The zero-order valence-corrected chi connectivity index (χ0v) is 13.5. The lowest BCUT2D eigenvalue weighted by Crippen LogP contribution is -2.33. The van der Waals surface area contributed by atoms with E-state index < -0.39 is 30.5 Å².